The number of amides is 1. The van der Waals surface area contributed by atoms with Crippen molar-refractivity contribution in [3.63, 3.8) is 0 Å². The molecule has 0 fully saturated rings. The number of carbonyl (C=O) groups excluding carboxylic acids is 1. The molecule has 1 heterocycles. The Balaban J connectivity index is 2.38. The summed E-state index contributed by atoms with van der Waals surface area (Å²) in [6.07, 6.45) is 1.13. The summed E-state index contributed by atoms with van der Waals surface area (Å²) >= 11 is 0. The third kappa shape index (κ3) is 4.40. The molecule has 1 amide bonds. The van der Waals surface area contributed by atoms with Gasteiger partial charge in [0.15, 0.2) is 5.69 Å². The number of carboxylic acids is 1. The predicted molar refractivity (Wildman–Crippen MR) is 67.6 cm³/mol. The van der Waals surface area contributed by atoms with E-state index in [2.05, 4.69) is 10.3 Å². The van der Waals surface area contributed by atoms with Crippen molar-refractivity contribution in [2.75, 3.05) is 26.0 Å². The number of rotatable bonds is 6. The number of hydrogen-bond donors (Lipinski definition) is 2. The van der Waals surface area contributed by atoms with Crippen LogP contribution in [-0.2, 0) is 4.79 Å². The quantitative estimate of drug-likeness (QED) is 0.739. The van der Waals surface area contributed by atoms with Gasteiger partial charge in [0, 0.05) is 27.1 Å². The van der Waals surface area contributed by atoms with Crippen molar-refractivity contribution in [3.8, 4) is 0 Å². The fraction of sp³-hybridized carbons (Fsp3) is 0.417. The van der Waals surface area contributed by atoms with E-state index in [0.29, 0.717) is 25.2 Å². The minimum atomic E-state index is -1.05. The predicted octanol–water partition coefficient (Wildman–Crippen LogP) is 1.06. The highest BCUT2D eigenvalue weighted by Crippen LogP contribution is 2.05. The number of carboxylic acid groups (broad SMARTS) is 1. The Morgan fingerprint density at radius 1 is 1.39 bits per heavy atom. The summed E-state index contributed by atoms with van der Waals surface area (Å²) in [5.74, 6) is -0.474. The third-order valence-corrected chi connectivity index (χ3v) is 2.34. The fourth-order valence-electron chi connectivity index (χ4n) is 1.33. The van der Waals surface area contributed by atoms with E-state index >= 15 is 0 Å². The van der Waals surface area contributed by atoms with Crippen molar-refractivity contribution in [1.82, 2.24) is 9.88 Å². The fourth-order valence-corrected chi connectivity index (χ4v) is 1.33. The molecule has 0 saturated carbocycles. The summed E-state index contributed by atoms with van der Waals surface area (Å²) < 4.78 is 0. The normalized spacial score (nSPS) is 9.89. The van der Waals surface area contributed by atoms with E-state index in [1.165, 1.54) is 6.07 Å². The van der Waals surface area contributed by atoms with Crippen LogP contribution in [0.4, 0.5) is 5.82 Å². The molecule has 0 radical (unpaired) electrons. The van der Waals surface area contributed by atoms with Crippen molar-refractivity contribution in [2.45, 2.75) is 12.8 Å². The lowest BCUT2D eigenvalue weighted by atomic mass is 10.3. The van der Waals surface area contributed by atoms with Gasteiger partial charge in [0.1, 0.15) is 5.82 Å². The second-order valence-electron chi connectivity index (χ2n) is 4.03. The van der Waals surface area contributed by atoms with Gasteiger partial charge in [0.2, 0.25) is 5.91 Å². The molecule has 6 heteroatoms. The van der Waals surface area contributed by atoms with Crippen molar-refractivity contribution >= 4 is 17.7 Å². The molecule has 2 N–H and O–H groups in total. The molecule has 1 rings (SSSR count). The van der Waals surface area contributed by atoms with E-state index in [1.54, 1.807) is 31.1 Å². The zero-order valence-corrected chi connectivity index (χ0v) is 10.5. The number of carbonyl (C=O) groups is 2. The number of aromatic nitrogens is 1. The first-order chi connectivity index (χ1) is 8.50. The van der Waals surface area contributed by atoms with Gasteiger partial charge in [-0.15, -0.1) is 0 Å². The van der Waals surface area contributed by atoms with Crippen LogP contribution in [0.5, 0.6) is 0 Å². The Labute approximate surface area is 106 Å². The summed E-state index contributed by atoms with van der Waals surface area (Å²) in [6, 6.07) is 4.76. The lowest BCUT2D eigenvalue weighted by Crippen LogP contribution is -2.22. The highest BCUT2D eigenvalue weighted by Gasteiger charge is 2.05. The van der Waals surface area contributed by atoms with Crippen LogP contribution in [0.25, 0.3) is 0 Å². The van der Waals surface area contributed by atoms with Crippen LogP contribution in [0.3, 0.4) is 0 Å². The molecule has 0 spiro atoms. The number of aromatic carboxylic acids is 1. The van der Waals surface area contributed by atoms with E-state index in [9.17, 15) is 9.59 Å². The first kappa shape index (κ1) is 14.0. The average Bonchev–Trinajstić information content (AvgIpc) is 2.34. The second kappa shape index (κ2) is 6.58. The number of anilines is 1. The Bertz CT molecular complexity index is 432. The van der Waals surface area contributed by atoms with E-state index in [-0.39, 0.29) is 11.6 Å². The standard InChI is InChI=1S/C12H17N3O3/c1-15(2)11(16)7-4-8-13-10-6-3-5-9(14-10)12(17)18/h3,5-6H,4,7-8H2,1-2H3,(H,13,14)(H,17,18). The summed E-state index contributed by atoms with van der Waals surface area (Å²) in [5.41, 5.74) is 0.00404. The lowest BCUT2D eigenvalue weighted by Gasteiger charge is -2.10. The van der Waals surface area contributed by atoms with Crippen LogP contribution in [0.2, 0.25) is 0 Å². The number of nitrogens with one attached hydrogen (secondary N) is 1. The first-order valence-corrected chi connectivity index (χ1v) is 5.65. The van der Waals surface area contributed by atoms with Crippen molar-refractivity contribution in [2.24, 2.45) is 0 Å². The monoisotopic (exact) mass is 251 g/mol. The third-order valence-electron chi connectivity index (χ3n) is 2.34. The zero-order chi connectivity index (χ0) is 13.5. The molecular weight excluding hydrogens is 234 g/mol. The molecule has 6 nitrogen and oxygen atoms in total. The maximum absolute atomic E-state index is 11.3. The van der Waals surface area contributed by atoms with Crippen LogP contribution in [0.15, 0.2) is 18.2 Å². The molecule has 98 valence electrons. The molecule has 0 saturated heterocycles. The van der Waals surface area contributed by atoms with Crippen molar-refractivity contribution in [3.05, 3.63) is 23.9 Å². The molecule has 0 aliphatic rings. The molecule has 0 aromatic carbocycles. The Kier molecular flexibility index (Phi) is 5.10. The van der Waals surface area contributed by atoms with E-state index in [0.717, 1.165) is 0 Å². The van der Waals surface area contributed by atoms with Crippen molar-refractivity contribution < 1.29 is 14.7 Å². The summed E-state index contributed by atoms with van der Waals surface area (Å²) in [4.78, 5) is 27.5. The average molecular weight is 251 g/mol. The molecular formula is C12H17N3O3. The van der Waals surface area contributed by atoms with Crippen LogP contribution in [0, 0.1) is 0 Å². The maximum Gasteiger partial charge on any atom is 0.354 e. The minimum absolute atomic E-state index is 0.00404. The Morgan fingerprint density at radius 3 is 2.72 bits per heavy atom. The van der Waals surface area contributed by atoms with Gasteiger partial charge in [-0.2, -0.15) is 0 Å². The van der Waals surface area contributed by atoms with Crippen LogP contribution in [-0.4, -0.2) is 47.5 Å². The van der Waals surface area contributed by atoms with Gasteiger partial charge in [-0.1, -0.05) is 6.07 Å². The number of nitrogens with zero attached hydrogens (tertiary/aromatic N) is 2. The van der Waals surface area contributed by atoms with E-state index in [1.807, 2.05) is 0 Å². The van der Waals surface area contributed by atoms with Gasteiger partial charge in [-0.25, -0.2) is 9.78 Å². The molecule has 1 aromatic rings. The second-order valence-corrected chi connectivity index (χ2v) is 4.03. The summed E-state index contributed by atoms with van der Waals surface area (Å²) in [7, 11) is 3.43. The molecule has 0 atom stereocenters. The smallest absolute Gasteiger partial charge is 0.354 e. The molecule has 0 bridgehead atoms. The van der Waals surface area contributed by atoms with Crippen LogP contribution >= 0.6 is 0 Å². The van der Waals surface area contributed by atoms with Gasteiger partial charge >= 0.3 is 5.97 Å². The Hall–Kier alpha value is -2.11. The largest absolute Gasteiger partial charge is 0.477 e. The number of hydrogen-bond acceptors (Lipinski definition) is 4. The van der Waals surface area contributed by atoms with Crippen LogP contribution in [0.1, 0.15) is 23.3 Å². The molecule has 0 aliphatic carbocycles. The number of pyridine rings is 1. The molecule has 18 heavy (non-hydrogen) atoms. The van der Waals surface area contributed by atoms with Gasteiger partial charge in [-0.3, -0.25) is 4.79 Å². The van der Waals surface area contributed by atoms with Crippen LogP contribution < -0.4 is 5.32 Å². The molecule has 0 unspecified atom stereocenters. The first-order valence-electron chi connectivity index (χ1n) is 5.65. The van der Waals surface area contributed by atoms with Gasteiger partial charge in [0.25, 0.3) is 0 Å². The maximum atomic E-state index is 11.3. The van der Waals surface area contributed by atoms with E-state index in [4.69, 9.17) is 5.11 Å². The zero-order valence-electron chi connectivity index (χ0n) is 10.5. The highest BCUT2D eigenvalue weighted by atomic mass is 16.4. The van der Waals surface area contributed by atoms with Gasteiger partial charge in [0.05, 0.1) is 0 Å². The lowest BCUT2D eigenvalue weighted by molar-refractivity contribution is -0.128. The summed E-state index contributed by atoms with van der Waals surface area (Å²) in [6.45, 7) is 0.579. The highest BCUT2D eigenvalue weighted by molar-refractivity contribution is 5.85. The van der Waals surface area contributed by atoms with Gasteiger partial charge < -0.3 is 15.3 Å². The van der Waals surface area contributed by atoms with Gasteiger partial charge in [-0.05, 0) is 18.6 Å². The SMILES string of the molecule is CN(C)C(=O)CCCNc1cccc(C(=O)O)n1. The van der Waals surface area contributed by atoms with Crippen molar-refractivity contribution in [1.29, 1.82) is 0 Å². The topological polar surface area (TPSA) is 82.5 Å². The minimum Gasteiger partial charge on any atom is -0.477 e. The summed E-state index contributed by atoms with van der Waals surface area (Å²) in [5, 5.41) is 11.8. The molecule has 1 aromatic heterocycles. The molecule has 0 aliphatic heterocycles. The Morgan fingerprint density at radius 2 is 2.11 bits per heavy atom. The van der Waals surface area contributed by atoms with E-state index < -0.39 is 5.97 Å².